The van der Waals surface area contributed by atoms with E-state index in [-0.39, 0.29) is 17.3 Å². The van der Waals surface area contributed by atoms with Crippen LogP contribution in [0.4, 0.5) is 0 Å². The quantitative estimate of drug-likeness (QED) is 0.829. The SMILES string of the molecule is CC1COCCC1S(=O)(=O)N1CC[C@@H](Oc2cccc(Cl)c2)C1. The molecule has 0 aromatic heterocycles. The minimum absolute atomic E-state index is 0.0293. The summed E-state index contributed by atoms with van der Waals surface area (Å²) in [5, 5.41) is 0.266. The van der Waals surface area contributed by atoms with Crippen LogP contribution in [0.5, 0.6) is 5.75 Å². The van der Waals surface area contributed by atoms with Gasteiger partial charge in [-0.15, -0.1) is 0 Å². The molecule has 128 valence electrons. The molecule has 2 saturated heterocycles. The molecule has 2 aliphatic heterocycles. The molecule has 5 nitrogen and oxygen atoms in total. The Labute approximate surface area is 142 Å². The van der Waals surface area contributed by atoms with Crippen molar-refractivity contribution in [2.24, 2.45) is 5.92 Å². The van der Waals surface area contributed by atoms with Crippen LogP contribution < -0.4 is 4.74 Å². The van der Waals surface area contributed by atoms with Gasteiger partial charge in [-0.1, -0.05) is 24.6 Å². The van der Waals surface area contributed by atoms with Crippen molar-refractivity contribution in [2.75, 3.05) is 26.3 Å². The van der Waals surface area contributed by atoms with E-state index in [4.69, 9.17) is 21.1 Å². The van der Waals surface area contributed by atoms with Crippen molar-refractivity contribution in [3.05, 3.63) is 29.3 Å². The third-order valence-corrected chi connectivity index (χ3v) is 7.26. The number of hydrogen-bond acceptors (Lipinski definition) is 4. The van der Waals surface area contributed by atoms with E-state index >= 15 is 0 Å². The molecule has 3 rings (SSSR count). The molecule has 2 unspecified atom stereocenters. The van der Waals surface area contributed by atoms with Gasteiger partial charge in [-0.3, -0.25) is 0 Å². The summed E-state index contributed by atoms with van der Waals surface area (Å²) in [6, 6.07) is 7.19. The summed E-state index contributed by atoms with van der Waals surface area (Å²) in [5.74, 6) is 0.711. The molecule has 23 heavy (non-hydrogen) atoms. The fraction of sp³-hybridized carbons (Fsp3) is 0.625. The van der Waals surface area contributed by atoms with Crippen molar-refractivity contribution in [3.63, 3.8) is 0 Å². The Hall–Kier alpha value is -0.820. The Balaban J connectivity index is 1.64. The molecule has 0 N–H and O–H groups in total. The molecule has 2 aliphatic rings. The molecule has 2 heterocycles. The molecule has 0 aliphatic carbocycles. The van der Waals surface area contributed by atoms with Gasteiger partial charge < -0.3 is 9.47 Å². The van der Waals surface area contributed by atoms with E-state index in [1.54, 1.807) is 16.4 Å². The van der Waals surface area contributed by atoms with Crippen LogP contribution in [-0.4, -0.2) is 50.4 Å². The van der Waals surface area contributed by atoms with Gasteiger partial charge in [0.25, 0.3) is 0 Å². The van der Waals surface area contributed by atoms with Crippen LogP contribution in [-0.2, 0) is 14.8 Å². The Bertz CT molecular complexity index is 651. The second-order valence-corrected chi connectivity index (χ2v) is 8.86. The van der Waals surface area contributed by atoms with E-state index in [0.29, 0.717) is 49.9 Å². The van der Waals surface area contributed by atoms with Crippen LogP contribution in [0.1, 0.15) is 19.8 Å². The largest absolute Gasteiger partial charge is 0.489 e. The Kier molecular flexibility index (Phi) is 5.16. The number of sulfonamides is 1. The monoisotopic (exact) mass is 359 g/mol. The van der Waals surface area contributed by atoms with Crippen molar-refractivity contribution >= 4 is 21.6 Å². The standard InChI is InChI=1S/C16H22ClNO4S/c1-12-11-21-8-6-16(12)23(19,20)18-7-5-15(10-18)22-14-4-2-3-13(17)9-14/h2-4,9,12,15-16H,5-8,10-11H2,1H3/t12?,15-,16?/m1/s1. The first-order valence-corrected chi connectivity index (χ1v) is 9.84. The molecule has 3 atom stereocenters. The number of ether oxygens (including phenoxy) is 2. The summed E-state index contributed by atoms with van der Waals surface area (Å²) < 4.78 is 38.5. The van der Waals surface area contributed by atoms with Crippen molar-refractivity contribution in [3.8, 4) is 5.75 Å². The molecule has 2 fully saturated rings. The van der Waals surface area contributed by atoms with Gasteiger partial charge in [-0.25, -0.2) is 8.42 Å². The lowest BCUT2D eigenvalue weighted by Gasteiger charge is -2.31. The van der Waals surface area contributed by atoms with E-state index in [2.05, 4.69) is 0 Å². The van der Waals surface area contributed by atoms with E-state index in [1.165, 1.54) is 0 Å². The van der Waals surface area contributed by atoms with Gasteiger partial charge in [0.1, 0.15) is 11.9 Å². The lowest BCUT2D eigenvalue weighted by molar-refractivity contribution is 0.0625. The van der Waals surface area contributed by atoms with Crippen LogP contribution in [0.15, 0.2) is 24.3 Å². The first kappa shape index (κ1) is 17.0. The number of halogens is 1. The predicted octanol–water partition coefficient (Wildman–Crippen LogP) is 2.55. The zero-order chi connectivity index (χ0) is 16.4. The third kappa shape index (κ3) is 3.82. The second-order valence-electron chi connectivity index (χ2n) is 6.27. The number of benzene rings is 1. The highest BCUT2D eigenvalue weighted by atomic mass is 35.5. The van der Waals surface area contributed by atoms with Crippen molar-refractivity contribution in [1.82, 2.24) is 4.31 Å². The fourth-order valence-electron chi connectivity index (χ4n) is 3.25. The van der Waals surface area contributed by atoms with Gasteiger partial charge in [0.15, 0.2) is 0 Å². The molecule has 0 bridgehead atoms. The highest BCUT2D eigenvalue weighted by molar-refractivity contribution is 7.89. The summed E-state index contributed by atoms with van der Waals surface area (Å²) in [6.45, 7) is 3.89. The second kappa shape index (κ2) is 6.97. The number of hydrogen-bond donors (Lipinski definition) is 0. The van der Waals surface area contributed by atoms with Gasteiger partial charge in [-0.2, -0.15) is 4.31 Å². The maximum atomic E-state index is 12.8. The molecule has 0 amide bonds. The zero-order valence-corrected chi connectivity index (χ0v) is 14.7. The molecule has 1 aromatic rings. The van der Waals surface area contributed by atoms with E-state index < -0.39 is 10.0 Å². The molecule has 0 saturated carbocycles. The lowest BCUT2D eigenvalue weighted by Crippen LogP contribution is -2.44. The molecule has 0 radical (unpaired) electrons. The highest BCUT2D eigenvalue weighted by Crippen LogP contribution is 2.28. The van der Waals surface area contributed by atoms with E-state index in [9.17, 15) is 8.42 Å². The summed E-state index contributed by atoms with van der Waals surface area (Å²) in [7, 11) is -3.30. The summed E-state index contributed by atoms with van der Waals surface area (Å²) in [5.41, 5.74) is 0. The van der Waals surface area contributed by atoms with Crippen LogP contribution >= 0.6 is 11.6 Å². The van der Waals surface area contributed by atoms with E-state index in [1.807, 2.05) is 19.1 Å². The first-order chi connectivity index (χ1) is 11.0. The highest BCUT2D eigenvalue weighted by Gasteiger charge is 2.41. The van der Waals surface area contributed by atoms with E-state index in [0.717, 1.165) is 0 Å². The smallest absolute Gasteiger partial charge is 0.217 e. The van der Waals surface area contributed by atoms with Crippen LogP contribution in [0.3, 0.4) is 0 Å². The summed E-state index contributed by atoms with van der Waals surface area (Å²) >= 11 is 5.95. The average Bonchev–Trinajstić information content (AvgIpc) is 2.97. The molecule has 1 aromatic carbocycles. The van der Waals surface area contributed by atoms with Crippen molar-refractivity contribution in [2.45, 2.75) is 31.1 Å². The molecule has 0 spiro atoms. The van der Waals surface area contributed by atoms with Crippen molar-refractivity contribution in [1.29, 1.82) is 0 Å². The Morgan fingerprint density at radius 2 is 2.17 bits per heavy atom. The van der Waals surface area contributed by atoms with Gasteiger partial charge >= 0.3 is 0 Å². The van der Waals surface area contributed by atoms with Gasteiger partial charge in [0.05, 0.1) is 18.4 Å². The van der Waals surface area contributed by atoms with Crippen LogP contribution in [0.25, 0.3) is 0 Å². The van der Waals surface area contributed by atoms with Gasteiger partial charge in [0.2, 0.25) is 10.0 Å². The Morgan fingerprint density at radius 1 is 1.35 bits per heavy atom. The summed E-state index contributed by atoms with van der Waals surface area (Å²) in [6.07, 6.45) is 1.14. The molecular weight excluding hydrogens is 338 g/mol. The molecule has 7 heteroatoms. The zero-order valence-electron chi connectivity index (χ0n) is 13.2. The van der Waals surface area contributed by atoms with Gasteiger partial charge in [-0.05, 0) is 37.0 Å². The third-order valence-electron chi connectivity index (χ3n) is 4.51. The maximum Gasteiger partial charge on any atom is 0.217 e. The maximum absolute atomic E-state index is 12.8. The first-order valence-electron chi connectivity index (χ1n) is 7.96. The Morgan fingerprint density at radius 3 is 2.91 bits per heavy atom. The number of nitrogens with zero attached hydrogens (tertiary/aromatic N) is 1. The number of rotatable bonds is 4. The minimum Gasteiger partial charge on any atom is -0.489 e. The minimum atomic E-state index is -3.30. The van der Waals surface area contributed by atoms with Gasteiger partial charge in [0, 0.05) is 18.2 Å². The summed E-state index contributed by atoms with van der Waals surface area (Å²) in [4.78, 5) is 0. The van der Waals surface area contributed by atoms with Crippen LogP contribution in [0.2, 0.25) is 5.02 Å². The predicted molar refractivity (Wildman–Crippen MR) is 89.4 cm³/mol. The average molecular weight is 360 g/mol. The van der Waals surface area contributed by atoms with Crippen molar-refractivity contribution < 1.29 is 17.9 Å². The topological polar surface area (TPSA) is 55.8 Å². The molecular formula is C16H22ClNO4S. The lowest BCUT2D eigenvalue weighted by atomic mass is 10.0. The van der Waals surface area contributed by atoms with Crippen LogP contribution in [0, 0.1) is 5.92 Å². The normalized spacial score (nSPS) is 29.6. The fourth-order valence-corrected chi connectivity index (χ4v) is 5.61.